The number of carbonyl (C=O) groups excluding carboxylic acids is 16. The number of unbranched alkanes of at least 4 members (excludes halogenated alkanes) is 1. The van der Waals surface area contributed by atoms with E-state index in [1.165, 1.54) is 24.9 Å². The number of rotatable bonds is 60. The second kappa shape index (κ2) is 55.0. The number of nitrogens with zero attached hydrogens (tertiary/aromatic N) is 1. The minimum Gasteiger partial charge on any atom is -0.481 e. The van der Waals surface area contributed by atoms with E-state index in [-0.39, 0.29) is 88.3 Å². The standard InChI is InChI=1S/C80H125N19O26S2/c1-10-41(8)65(78(122)89-46(20-23-58(82)100)67(111)87-47(21-24-60(102)103)68(112)88-48(26-29-127-9)69(113)97-56(37-126)80(124)125)98-75(119)55(35-63(108)109)94-72(116)52(32-42-36-85-44-17-12-11-16-43(42)44)95-76(120)57-19-15-28-99(57)79(123)49(22-25-61(104)105)90-70(114)50(30-38(2)3)91-66(110)45(18-13-14-27-81)86-73(117)53(33-59(83)101)93-71(115)51(31-39(4)5)92-74(118)54(34-62(106)107)96-77(121)64(84)40(6)7/h11-12,16-17,36,38-41,45-57,64-65,85,126H,10,13-15,18-35,37,81,84H2,1-9H3,(H2,82,100)(H2,83,101)(H,86,117)(H,87,111)(H,88,112)(H,89,122)(H,90,114)(H,91,110)(H,92,118)(H,93,115)(H,94,116)(H,95,120)(H,96,121)(H,97,113)(H,98,119)(H,102,103)(H,104,105)(H,106,107)(H,108,109)(H,124,125)/t41-,45-,46-,47-,48-,49-,50-,51-,52-,53-,54-,55-,56-,57-,64-,65-/m0/s1. The van der Waals surface area contributed by atoms with Crippen molar-refractivity contribution in [1.82, 2.24) is 79.0 Å². The second-order valence-electron chi connectivity index (χ2n) is 32.2. The molecule has 127 heavy (non-hydrogen) atoms. The van der Waals surface area contributed by atoms with E-state index in [0.29, 0.717) is 16.5 Å². The van der Waals surface area contributed by atoms with Crippen molar-refractivity contribution in [1.29, 1.82) is 0 Å². The number of nitrogens with two attached hydrogens (primary N) is 4. The number of benzene rings is 1. The number of carboxylic acid groups (broad SMARTS) is 5. The van der Waals surface area contributed by atoms with Crippen LogP contribution in [0.3, 0.4) is 0 Å². The molecular weight excluding hydrogens is 1710 g/mol. The Morgan fingerprint density at radius 1 is 0.480 bits per heavy atom. The fourth-order valence-corrected chi connectivity index (χ4v) is 14.1. The number of aliphatic carboxylic acids is 5. The van der Waals surface area contributed by atoms with Gasteiger partial charge in [0.05, 0.1) is 25.3 Å². The smallest absolute Gasteiger partial charge is 0.327 e. The summed E-state index contributed by atoms with van der Waals surface area (Å²) in [6, 6.07) is -18.2. The maximum Gasteiger partial charge on any atom is 0.327 e. The van der Waals surface area contributed by atoms with Crippen molar-refractivity contribution < 1.29 is 126 Å². The van der Waals surface area contributed by atoms with Crippen molar-refractivity contribution in [2.24, 2.45) is 46.6 Å². The molecule has 0 bridgehead atoms. The molecule has 3 rings (SSSR count). The lowest BCUT2D eigenvalue weighted by Gasteiger charge is -2.31. The number of amides is 16. The molecular formula is C80H125N19O26S2. The van der Waals surface area contributed by atoms with Gasteiger partial charge in [-0.25, -0.2) is 4.79 Å². The van der Waals surface area contributed by atoms with Gasteiger partial charge in [-0.2, -0.15) is 24.4 Å². The molecule has 1 aromatic heterocycles. The number of H-pyrrole nitrogens is 1. The number of thiol groups is 1. The molecule has 45 nitrogen and oxygen atoms in total. The number of carboxylic acids is 5. The Hall–Kier alpha value is -11.7. The SMILES string of the molecule is CC[C@H](C)[C@H](NC(=O)[C@H](CC(=O)O)NC(=O)[C@H](Cc1c[nH]c2ccccc12)NC(=O)[C@@H]1CCCN1C(=O)[C@H](CCC(=O)O)NC(=O)[C@H](CC(C)C)NC(=O)[C@H](CCCCN)NC(=O)[C@H](CC(N)=O)NC(=O)[C@H](CC(C)C)NC(=O)[C@H](CC(=O)O)NC(=O)[C@@H](N)C(C)C)C(=O)N[C@@H](CCC(N)=O)C(=O)N[C@@H](CCC(=O)O)C(=O)N[C@@H](CCSC)C(=O)N[C@@H](CS)C(=O)O. The van der Waals surface area contributed by atoms with E-state index in [4.69, 9.17) is 22.9 Å². The number of likely N-dealkylation sites (tertiary alicyclic amines) is 1. The average molecular weight is 1830 g/mol. The number of fused-ring (bicyclic) bond motifs is 1. The fourth-order valence-electron chi connectivity index (χ4n) is 13.4. The predicted octanol–water partition coefficient (Wildman–Crippen LogP) is -4.16. The van der Waals surface area contributed by atoms with E-state index in [0.717, 1.165) is 4.90 Å². The van der Waals surface area contributed by atoms with Gasteiger partial charge in [-0.05, 0) is 124 Å². The molecule has 1 saturated heterocycles. The zero-order valence-electron chi connectivity index (χ0n) is 72.5. The van der Waals surface area contributed by atoms with Gasteiger partial charge >= 0.3 is 29.8 Å². The summed E-state index contributed by atoms with van der Waals surface area (Å²) in [4.78, 5) is 290. The highest BCUT2D eigenvalue weighted by atomic mass is 32.2. The van der Waals surface area contributed by atoms with Crippen LogP contribution in [0.15, 0.2) is 30.5 Å². The van der Waals surface area contributed by atoms with Crippen molar-refractivity contribution in [3.63, 3.8) is 0 Å². The summed E-state index contributed by atoms with van der Waals surface area (Å²) in [5.74, 6) is -27.2. The first-order chi connectivity index (χ1) is 59.7. The van der Waals surface area contributed by atoms with Crippen LogP contribution >= 0.6 is 24.4 Å². The molecule has 0 unspecified atom stereocenters. The van der Waals surface area contributed by atoms with E-state index >= 15 is 9.59 Å². The molecule has 1 aliphatic rings. The van der Waals surface area contributed by atoms with Gasteiger partial charge < -0.3 is 127 Å². The van der Waals surface area contributed by atoms with Gasteiger partial charge in [0.2, 0.25) is 94.5 Å². The molecule has 1 aliphatic heterocycles. The Morgan fingerprint density at radius 3 is 1.35 bits per heavy atom. The normalized spacial score (nSPS) is 16.0. The number of hydrogen-bond donors (Lipinski definition) is 24. The zero-order chi connectivity index (χ0) is 95.8. The summed E-state index contributed by atoms with van der Waals surface area (Å²) in [5, 5.41) is 81.1. The quantitative estimate of drug-likeness (QED) is 0.0221. The Morgan fingerprint density at radius 2 is 0.898 bits per heavy atom. The number of primary amides is 2. The van der Waals surface area contributed by atoms with Gasteiger partial charge in [-0.1, -0.05) is 80.0 Å². The molecule has 1 aromatic carbocycles. The third-order valence-electron chi connectivity index (χ3n) is 20.6. The Balaban J connectivity index is 2.05. The van der Waals surface area contributed by atoms with Crippen LogP contribution in [-0.4, -0.2) is 281 Å². The summed E-state index contributed by atoms with van der Waals surface area (Å²) in [5.41, 5.74) is 23.7. The van der Waals surface area contributed by atoms with Gasteiger partial charge in [-0.3, -0.25) is 95.9 Å². The fraction of sp³-hybridized carbons (Fsp3) is 0.637. The number of para-hydroxylation sites is 1. The van der Waals surface area contributed by atoms with Crippen molar-refractivity contribution >= 4 is 160 Å². The summed E-state index contributed by atoms with van der Waals surface area (Å²) in [7, 11) is 0. The summed E-state index contributed by atoms with van der Waals surface area (Å²) in [6.07, 6.45) is -4.33. The molecule has 0 spiro atoms. The lowest BCUT2D eigenvalue weighted by atomic mass is 9.96. The lowest BCUT2D eigenvalue weighted by Crippen LogP contribution is -2.62. The maximum atomic E-state index is 15.1. The highest BCUT2D eigenvalue weighted by molar-refractivity contribution is 7.98. The Labute approximate surface area is 743 Å². The molecule has 0 radical (unpaired) electrons. The molecule has 2 heterocycles. The number of aromatic amines is 1. The summed E-state index contributed by atoms with van der Waals surface area (Å²) in [6.45, 7) is 12.8. The number of aromatic nitrogens is 1. The Kier molecular flexibility index (Phi) is 47.4. The molecule has 0 saturated carbocycles. The molecule has 0 aliphatic carbocycles. The zero-order valence-corrected chi connectivity index (χ0v) is 74.3. The van der Waals surface area contributed by atoms with Gasteiger partial charge in [0.25, 0.3) is 0 Å². The third kappa shape index (κ3) is 38.2. The first-order valence-electron chi connectivity index (χ1n) is 41.7. The summed E-state index contributed by atoms with van der Waals surface area (Å²) < 4.78 is 0. The lowest BCUT2D eigenvalue weighted by molar-refractivity contribution is -0.144. The van der Waals surface area contributed by atoms with Crippen LogP contribution in [0.1, 0.15) is 177 Å². The molecule has 16 atom stereocenters. The van der Waals surface area contributed by atoms with E-state index < -0.39 is 297 Å². The van der Waals surface area contributed by atoms with Crippen LogP contribution in [0.5, 0.6) is 0 Å². The van der Waals surface area contributed by atoms with Crippen LogP contribution in [0.25, 0.3) is 10.9 Å². The van der Waals surface area contributed by atoms with Gasteiger partial charge in [0.15, 0.2) is 0 Å². The van der Waals surface area contributed by atoms with Crippen LogP contribution in [0, 0.1) is 23.7 Å². The number of thioether (sulfide) groups is 1. The topological polar surface area (TPSA) is 739 Å². The highest BCUT2D eigenvalue weighted by Gasteiger charge is 2.43. The van der Waals surface area contributed by atoms with Gasteiger partial charge in [0, 0.05) is 55.1 Å². The number of nitrogens with one attached hydrogen (secondary N) is 14. The highest BCUT2D eigenvalue weighted by Crippen LogP contribution is 2.24. The van der Waals surface area contributed by atoms with Gasteiger partial charge in [0.1, 0.15) is 84.6 Å². The molecule has 2 aromatic rings. The van der Waals surface area contributed by atoms with Crippen LogP contribution in [0.2, 0.25) is 0 Å². The van der Waals surface area contributed by atoms with Crippen LogP contribution < -0.4 is 92.1 Å². The second-order valence-corrected chi connectivity index (χ2v) is 33.6. The molecule has 16 amide bonds. The van der Waals surface area contributed by atoms with Gasteiger partial charge in [-0.15, -0.1) is 0 Å². The summed E-state index contributed by atoms with van der Waals surface area (Å²) >= 11 is 5.20. The minimum atomic E-state index is -2.09. The van der Waals surface area contributed by atoms with E-state index in [9.17, 15) is 117 Å². The van der Waals surface area contributed by atoms with Crippen LogP contribution in [0.4, 0.5) is 0 Å². The Bertz CT molecular complexity index is 4210. The van der Waals surface area contributed by atoms with E-state index in [1.54, 1.807) is 79.0 Å². The van der Waals surface area contributed by atoms with E-state index in [1.807, 2.05) is 0 Å². The van der Waals surface area contributed by atoms with Crippen molar-refractivity contribution in [2.75, 3.05) is 30.9 Å². The third-order valence-corrected chi connectivity index (χ3v) is 21.6. The van der Waals surface area contributed by atoms with Crippen molar-refractivity contribution in [3.05, 3.63) is 36.0 Å². The number of hydrogen-bond acceptors (Lipinski definition) is 25. The largest absolute Gasteiger partial charge is 0.481 e. The average Bonchev–Trinajstić information content (AvgIpc) is 1.69. The molecule has 27 N–H and O–H groups in total. The monoisotopic (exact) mass is 1830 g/mol. The number of carbonyl (C=O) groups is 21. The van der Waals surface area contributed by atoms with Crippen LogP contribution in [-0.2, 0) is 107 Å². The minimum absolute atomic E-state index is 0.0763. The first-order valence-corrected chi connectivity index (χ1v) is 43.7. The molecule has 708 valence electrons. The molecule has 1 fully saturated rings. The van der Waals surface area contributed by atoms with Crippen molar-refractivity contribution in [2.45, 2.75) is 268 Å². The molecule has 47 heteroatoms. The first kappa shape index (κ1) is 109. The van der Waals surface area contributed by atoms with Crippen molar-refractivity contribution in [3.8, 4) is 0 Å². The maximum absolute atomic E-state index is 15.1. The van der Waals surface area contributed by atoms with E-state index in [2.05, 4.69) is 86.7 Å². The predicted molar refractivity (Wildman–Crippen MR) is 461 cm³/mol.